The maximum absolute atomic E-state index is 13.1. The predicted octanol–water partition coefficient (Wildman–Crippen LogP) is 2.95. The number of sulfonamides is 1. The summed E-state index contributed by atoms with van der Waals surface area (Å²) in [5.41, 5.74) is 1.26. The van der Waals surface area contributed by atoms with Gasteiger partial charge < -0.3 is 5.32 Å². The van der Waals surface area contributed by atoms with E-state index in [1.165, 1.54) is 37.7 Å². The molecule has 2 fully saturated rings. The predicted molar refractivity (Wildman–Crippen MR) is 115 cm³/mol. The molecule has 1 heterocycles. The number of piperazine rings is 1. The Bertz CT molecular complexity index is 778. The Labute approximate surface area is 175 Å². The van der Waals surface area contributed by atoms with Crippen LogP contribution in [0.3, 0.4) is 0 Å². The smallest absolute Gasteiger partial charge is 0.243 e. The van der Waals surface area contributed by atoms with Crippen molar-refractivity contribution in [3.63, 3.8) is 0 Å². The standard InChI is InChI=1S/C22H35N3O3S/c1-17(2)23-22(26)18(3)24-13-15-25(16-14-24)29(27,28)21-11-9-20(10-12-21)19-7-5-4-6-8-19/h9-12,17-19H,4-8,13-16H2,1-3H3,(H,23,26). The molecule has 29 heavy (non-hydrogen) atoms. The monoisotopic (exact) mass is 421 g/mol. The summed E-state index contributed by atoms with van der Waals surface area (Å²) in [4.78, 5) is 14.7. The minimum atomic E-state index is -3.49. The molecular formula is C22H35N3O3S. The van der Waals surface area contributed by atoms with Gasteiger partial charge in [-0.25, -0.2) is 8.42 Å². The molecule has 1 amide bonds. The van der Waals surface area contributed by atoms with Crippen LogP contribution in [0.25, 0.3) is 0 Å². The van der Waals surface area contributed by atoms with Gasteiger partial charge in [0.05, 0.1) is 10.9 Å². The van der Waals surface area contributed by atoms with Crippen LogP contribution < -0.4 is 5.32 Å². The average molecular weight is 422 g/mol. The van der Waals surface area contributed by atoms with E-state index in [9.17, 15) is 13.2 Å². The molecule has 1 saturated carbocycles. The van der Waals surface area contributed by atoms with Gasteiger partial charge in [-0.15, -0.1) is 0 Å². The summed E-state index contributed by atoms with van der Waals surface area (Å²) < 4.78 is 27.7. The van der Waals surface area contributed by atoms with E-state index in [2.05, 4.69) is 10.2 Å². The second kappa shape index (κ2) is 9.58. The first-order chi connectivity index (χ1) is 13.8. The molecule has 1 saturated heterocycles. The fourth-order valence-electron chi connectivity index (χ4n) is 4.40. The normalized spacial score (nSPS) is 21.2. The zero-order chi connectivity index (χ0) is 21.0. The Kier molecular flexibility index (Phi) is 7.35. The van der Waals surface area contributed by atoms with Crippen molar-refractivity contribution in [3.8, 4) is 0 Å². The van der Waals surface area contributed by atoms with Gasteiger partial charge in [-0.3, -0.25) is 9.69 Å². The van der Waals surface area contributed by atoms with Crippen molar-refractivity contribution in [3.05, 3.63) is 29.8 Å². The quantitative estimate of drug-likeness (QED) is 0.767. The summed E-state index contributed by atoms with van der Waals surface area (Å²) in [5, 5.41) is 2.93. The molecule has 1 atom stereocenters. The van der Waals surface area contributed by atoms with Crippen LogP contribution in [0.1, 0.15) is 64.4 Å². The molecule has 1 unspecified atom stereocenters. The van der Waals surface area contributed by atoms with E-state index in [0.717, 1.165) is 0 Å². The van der Waals surface area contributed by atoms with Gasteiger partial charge >= 0.3 is 0 Å². The van der Waals surface area contributed by atoms with Crippen LogP contribution in [0.4, 0.5) is 0 Å². The lowest BCUT2D eigenvalue weighted by Crippen LogP contribution is -2.55. The second-order valence-electron chi connectivity index (χ2n) is 8.68. The first kappa shape index (κ1) is 22.2. The van der Waals surface area contributed by atoms with E-state index >= 15 is 0 Å². The van der Waals surface area contributed by atoms with Gasteiger partial charge in [-0.2, -0.15) is 4.31 Å². The van der Waals surface area contributed by atoms with Crippen LogP contribution in [0, 0.1) is 0 Å². The summed E-state index contributed by atoms with van der Waals surface area (Å²) in [6.45, 7) is 7.70. The summed E-state index contributed by atoms with van der Waals surface area (Å²) in [6, 6.07) is 7.38. The molecule has 1 aromatic rings. The summed E-state index contributed by atoms with van der Waals surface area (Å²) in [5.74, 6) is 0.567. The third-order valence-corrected chi connectivity index (χ3v) is 8.14. The Morgan fingerprint density at radius 3 is 2.10 bits per heavy atom. The van der Waals surface area contributed by atoms with Crippen molar-refractivity contribution >= 4 is 15.9 Å². The van der Waals surface area contributed by atoms with E-state index in [4.69, 9.17) is 0 Å². The molecule has 1 aliphatic heterocycles. The van der Waals surface area contributed by atoms with Crippen LogP contribution >= 0.6 is 0 Å². The molecule has 162 valence electrons. The van der Waals surface area contributed by atoms with E-state index in [0.29, 0.717) is 37.0 Å². The van der Waals surface area contributed by atoms with E-state index in [1.54, 1.807) is 16.4 Å². The van der Waals surface area contributed by atoms with Crippen molar-refractivity contribution in [2.24, 2.45) is 0 Å². The maximum Gasteiger partial charge on any atom is 0.243 e. The molecule has 6 nitrogen and oxygen atoms in total. The summed E-state index contributed by atoms with van der Waals surface area (Å²) in [6.07, 6.45) is 6.26. The van der Waals surface area contributed by atoms with Crippen molar-refractivity contribution in [1.29, 1.82) is 0 Å². The molecule has 7 heteroatoms. The number of nitrogens with one attached hydrogen (secondary N) is 1. The summed E-state index contributed by atoms with van der Waals surface area (Å²) >= 11 is 0. The third-order valence-electron chi connectivity index (χ3n) is 6.23. The van der Waals surface area contributed by atoms with Gasteiger partial charge in [0.1, 0.15) is 0 Å². The van der Waals surface area contributed by atoms with Gasteiger partial charge in [-0.1, -0.05) is 31.4 Å². The highest BCUT2D eigenvalue weighted by Gasteiger charge is 2.32. The van der Waals surface area contributed by atoms with Crippen molar-refractivity contribution in [1.82, 2.24) is 14.5 Å². The van der Waals surface area contributed by atoms with Crippen LogP contribution in [-0.4, -0.2) is 61.8 Å². The minimum absolute atomic E-state index is 0.00499. The van der Waals surface area contributed by atoms with Gasteiger partial charge in [0, 0.05) is 32.2 Å². The van der Waals surface area contributed by atoms with Crippen molar-refractivity contribution < 1.29 is 13.2 Å². The van der Waals surface area contributed by atoms with Crippen LogP contribution in [0.15, 0.2) is 29.2 Å². The highest BCUT2D eigenvalue weighted by molar-refractivity contribution is 7.89. The number of rotatable bonds is 6. The lowest BCUT2D eigenvalue weighted by Gasteiger charge is -2.37. The van der Waals surface area contributed by atoms with Gasteiger partial charge in [-0.05, 0) is 57.2 Å². The first-order valence-electron chi connectivity index (χ1n) is 10.9. The average Bonchev–Trinajstić information content (AvgIpc) is 2.73. The first-order valence-corrected chi connectivity index (χ1v) is 12.4. The van der Waals surface area contributed by atoms with Gasteiger partial charge in [0.25, 0.3) is 0 Å². The maximum atomic E-state index is 13.1. The fraction of sp³-hybridized carbons (Fsp3) is 0.682. The van der Waals surface area contributed by atoms with Crippen LogP contribution in [0.2, 0.25) is 0 Å². The zero-order valence-electron chi connectivity index (χ0n) is 17.9. The number of nitrogens with zero attached hydrogens (tertiary/aromatic N) is 2. The third kappa shape index (κ3) is 5.38. The van der Waals surface area contributed by atoms with E-state index in [1.807, 2.05) is 32.9 Å². The van der Waals surface area contributed by atoms with Gasteiger partial charge in [0.2, 0.25) is 15.9 Å². The number of hydrogen-bond acceptors (Lipinski definition) is 4. The van der Waals surface area contributed by atoms with E-state index < -0.39 is 10.0 Å². The molecule has 2 aliphatic rings. The van der Waals surface area contributed by atoms with Crippen molar-refractivity contribution in [2.45, 2.75) is 75.8 Å². The number of benzene rings is 1. The Hall–Kier alpha value is -1.44. The Balaban J connectivity index is 1.60. The Morgan fingerprint density at radius 1 is 0.966 bits per heavy atom. The number of hydrogen-bond donors (Lipinski definition) is 1. The molecule has 0 radical (unpaired) electrons. The van der Waals surface area contributed by atoms with Crippen molar-refractivity contribution in [2.75, 3.05) is 26.2 Å². The Morgan fingerprint density at radius 2 is 1.55 bits per heavy atom. The topological polar surface area (TPSA) is 69.7 Å². The molecule has 1 N–H and O–H groups in total. The van der Waals surface area contributed by atoms with E-state index in [-0.39, 0.29) is 18.0 Å². The lowest BCUT2D eigenvalue weighted by atomic mass is 9.84. The number of carbonyl (C=O) groups excluding carboxylic acids is 1. The minimum Gasteiger partial charge on any atom is -0.353 e. The highest BCUT2D eigenvalue weighted by Crippen LogP contribution is 2.33. The fourth-order valence-corrected chi connectivity index (χ4v) is 5.82. The number of amides is 1. The van der Waals surface area contributed by atoms with Crippen LogP contribution in [0.5, 0.6) is 0 Å². The second-order valence-corrected chi connectivity index (χ2v) is 10.6. The molecule has 0 bridgehead atoms. The lowest BCUT2D eigenvalue weighted by molar-refractivity contribution is -0.126. The molecular weight excluding hydrogens is 386 g/mol. The van der Waals surface area contributed by atoms with Gasteiger partial charge in [0.15, 0.2) is 0 Å². The zero-order valence-corrected chi connectivity index (χ0v) is 18.7. The molecule has 0 spiro atoms. The molecule has 0 aromatic heterocycles. The largest absolute Gasteiger partial charge is 0.353 e. The molecule has 1 aliphatic carbocycles. The number of carbonyl (C=O) groups is 1. The molecule has 1 aromatic carbocycles. The summed E-state index contributed by atoms with van der Waals surface area (Å²) in [7, 11) is -3.49. The molecule has 3 rings (SSSR count). The SMILES string of the molecule is CC(C)NC(=O)C(C)N1CCN(S(=O)(=O)c2ccc(C3CCCCC3)cc2)CC1. The van der Waals surface area contributed by atoms with Crippen LogP contribution in [-0.2, 0) is 14.8 Å². The highest BCUT2D eigenvalue weighted by atomic mass is 32.2.